The Kier molecular flexibility index (Phi) is 3.59. The van der Waals surface area contributed by atoms with E-state index in [-0.39, 0.29) is 6.61 Å². The van der Waals surface area contributed by atoms with E-state index in [9.17, 15) is 0 Å². The number of fused-ring (bicyclic) bond motifs is 1. The minimum Gasteiger partial charge on any atom is -0.395 e. The Bertz CT molecular complexity index is 314. The van der Waals surface area contributed by atoms with Crippen LogP contribution in [0.1, 0.15) is 12.0 Å². The summed E-state index contributed by atoms with van der Waals surface area (Å²) in [6.07, 6.45) is 2.31. The van der Waals surface area contributed by atoms with Gasteiger partial charge in [-0.15, -0.1) is 0 Å². The first-order chi connectivity index (χ1) is 7.40. The molecule has 0 saturated heterocycles. The number of para-hydroxylation sites is 1. The van der Waals surface area contributed by atoms with Gasteiger partial charge in [0, 0.05) is 24.8 Å². The Morgan fingerprint density at radius 3 is 3.13 bits per heavy atom. The van der Waals surface area contributed by atoms with Crippen LogP contribution >= 0.6 is 0 Å². The zero-order chi connectivity index (χ0) is 10.5. The highest BCUT2D eigenvalue weighted by Crippen LogP contribution is 2.23. The molecule has 1 unspecified atom stereocenters. The highest BCUT2D eigenvalue weighted by atomic mass is 16.3. The molecule has 2 rings (SSSR count). The van der Waals surface area contributed by atoms with Gasteiger partial charge in [0.15, 0.2) is 0 Å². The van der Waals surface area contributed by atoms with Crippen LogP contribution in [0.4, 0.5) is 5.69 Å². The van der Waals surface area contributed by atoms with Gasteiger partial charge in [-0.25, -0.2) is 0 Å². The van der Waals surface area contributed by atoms with Gasteiger partial charge in [-0.05, 0) is 24.5 Å². The van der Waals surface area contributed by atoms with Crippen molar-refractivity contribution in [2.45, 2.75) is 18.9 Å². The van der Waals surface area contributed by atoms with Gasteiger partial charge in [0.05, 0.1) is 6.61 Å². The van der Waals surface area contributed by atoms with E-state index in [1.54, 1.807) is 0 Å². The number of aliphatic hydroxyl groups is 1. The molecule has 1 heterocycles. The predicted molar refractivity (Wildman–Crippen MR) is 62.1 cm³/mol. The van der Waals surface area contributed by atoms with Gasteiger partial charge >= 0.3 is 0 Å². The van der Waals surface area contributed by atoms with E-state index in [0.717, 1.165) is 19.4 Å². The maximum Gasteiger partial charge on any atom is 0.0555 e. The average molecular weight is 206 g/mol. The summed E-state index contributed by atoms with van der Waals surface area (Å²) in [6.45, 7) is 1.82. The first kappa shape index (κ1) is 10.5. The minimum absolute atomic E-state index is 0.212. The molecule has 1 atom stereocenters. The fourth-order valence-electron chi connectivity index (χ4n) is 2.01. The third-order valence-corrected chi connectivity index (χ3v) is 2.82. The molecule has 0 aromatic heterocycles. The van der Waals surface area contributed by atoms with Crippen molar-refractivity contribution < 1.29 is 5.11 Å². The van der Waals surface area contributed by atoms with Gasteiger partial charge in [0.25, 0.3) is 0 Å². The van der Waals surface area contributed by atoms with Gasteiger partial charge in [0.1, 0.15) is 0 Å². The molecule has 1 aliphatic rings. The zero-order valence-corrected chi connectivity index (χ0v) is 8.87. The standard InChI is InChI=1S/C12H18N2O/c15-8-7-13-9-11-6-5-10-3-1-2-4-12(10)14-11/h1-4,11,13-15H,5-9H2. The molecule has 82 valence electrons. The third kappa shape index (κ3) is 2.70. The van der Waals surface area contributed by atoms with E-state index in [4.69, 9.17) is 5.11 Å². The second-order valence-corrected chi connectivity index (χ2v) is 3.96. The van der Waals surface area contributed by atoms with Crippen molar-refractivity contribution >= 4 is 5.69 Å². The number of nitrogens with one attached hydrogen (secondary N) is 2. The van der Waals surface area contributed by atoms with Gasteiger partial charge < -0.3 is 15.7 Å². The van der Waals surface area contributed by atoms with Crippen molar-refractivity contribution in [1.29, 1.82) is 0 Å². The summed E-state index contributed by atoms with van der Waals surface area (Å²) in [5, 5.41) is 15.4. The lowest BCUT2D eigenvalue weighted by Gasteiger charge is -2.27. The van der Waals surface area contributed by atoms with Crippen LogP contribution in [0.2, 0.25) is 0 Å². The summed E-state index contributed by atoms with van der Waals surface area (Å²) in [7, 11) is 0. The quantitative estimate of drug-likeness (QED) is 0.644. The Morgan fingerprint density at radius 2 is 2.27 bits per heavy atom. The van der Waals surface area contributed by atoms with Crippen molar-refractivity contribution in [3.8, 4) is 0 Å². The van der Waals surface area contributed by atoms with Crippen molar-refractivity contribution in [3.63, 3.8) is 0 Å². The molecule has 1 aromatic rings. The molecule has 0 bridgehead atoms. The van der Waals surface area contributed by atoms with E-state index < -0.39 is 0 Å². The molecule has 0 amide bonds. The van der Waals surface area contributed by atoms with Gasteiger partial charge in [-0.2, -0.15) is 0 Å². The molecular formula is C12H18N2O. The van der Waals surface area contributed by atoms with E-state index >= 15 is 0 Å². The first-order valence-corrected chi connectivity index (χ1v) is 5.56. The second-order valence-electron chi connectivity index (χ2n) is 3.96. The lowest BCUT2D eigenvalue weighted by atomic mass is 9.98. The summed E-state index contributed by atoms with van der Waals surface area (Å²) < 4.78 is 0. The van der Waals surface area contributed by atoms with Crippen LogP contribution in [0.25, 0.3) is 0 Å². The van der Waals surface area contributed by atoms with Crippen LogP contribution < -0.4 is 10.6 Å². The molecule has 3 nitrogen and oxygen atoms in total. The number of hydrogen-bond acceptors (Lipinski definition) is 3. The SMILES string of the molecule is OCCNCC1CCc2ccccc2N1. The van der Waals surface area contributed by atoms with E-state index in [2.05, 4.69) is 34.9 Å². The predicted octanol–water partition coefficient (Wildman–Crippen LogP) is 0.995. The molecule has 0 fully saturated rings. The Morgan fingerprint density at radius 1 is 1.40 bits per heavy atom. The molecule has 0 saturated carbocycles. The Balaban J connectivity index is 1.88. The highest BCUT2D eigenvalue weighted by molar-refractivity contribution is 5.53. The van der Waals surface area contributed by atoms with Crippen LogP contribution in [0, 0.1) is 0 Å². The molecule has 0 spiro atoms. The number of anilines is 1. The number of aryl methyl sites for hydroxylation is 1. The van der Waals surface area contributed by atoms with Crippen LogP contribution in [-0.2, 0) is 6.42 Å². The Labute approximate surface area is 90.5 Å². The van der Waals surface area contributed by atoms with Crippen LogP contribution in [0.15, 0.2) is 24.3 Å². The van der Waals surface area contributed by atoms with Gasteiger partial charge in [-0.3, -0.25) is 0 Å². The molecule has 1 aliphatic heterocycles. The van der Waals surface area contributed by atoms with Crippen LogP contribution in [0.5, 0.6) is 0 Å². The maximum atomic E-state index is 8.67. The molecule has 15 heavy (non-hydrogen) atoms. The van der Waals surface area contributed by atoms with Crippen molar-refractivity contribution in [1.82, 2.24) is 5.32 Å². The highest BCUT2D eigenvalue weighted by Gasteiger charge is 2.15. The maximum absolute atomic E-state index is 8.67. The van der Waals surface area contributed by atoms with E-state index in [1.807, 2.05) is 0 Å². The molecular weight excluding hydrogens is 188 g/mol. The van der Waals surface area contributed by atoms with Gasteiger partial charge in [0.2, 0.25) is 0 Å². The summed E-state index contributed by atoms with van der Waals surface area (Å²) in [4.78, 5) is 0. The smallest absolute Gasteiger partial charge is 0.0555 e. The monoisotopic (exact) mass is 206 g/mol. The molecule has 1 aromatic carbocycles. The summed E-state index contributed by atoms with van der Waals surface area (Å²) in [5.41, 5.74) is 2.68. The second kappa shape index (κ2) is 5.14. The molecule has 0 radical (unpaired) electrons. The molecule has 3 N–H and O–H groups in total. The third-order valence-electron chi connectivity index (χ3n) is 2.82. The van der Waals surface area contributed by atoms with E-state index in [0.29, 0.717) is 12.6 Å². The lowest BCUT2D eigenvalue weighted by molar-refractivity contribution is 0.291. The van der Waals surface area contributed by atoms with Gasteiger partial charge in [-0.1, -0.05) is 18.2 Å². The van der Waals surface area contributed by atoms with Crippen LogP contribution in [0.3, 0.4) is 0 Å². The van der Waals surface area contributed by atoms with E-state index in [1.165, 1.54) is 11.3 Å². The lowest BCUT2D eigenvalue weighted by Crippen LogP contribution is -2.36. The minimum atomic E-state index is 0.212. The fourth-order valence-corrected chi connectivity index (χ4v) is 2.01. The summed E-state index contributed by atoms with van der Waals surface area (Å²) in [5.74, 6) is 0. The number of rotatable bonds is 4. The molecule has 0 aliphatic carbocycles. The van der Waals surface area contributed by atoms with Crippen LogP contribution in [-0.4, -0.2) is 30.8 Å². The number of benzene rings is 1. The number of hydrogen-bond donors (Lipinski definition) is 3. The first-order valence-electron chi connectivity index (χ1n) is 5.56. The zero-order valence-electron chi connectivity index (χ0n) is 8.87. The van der Waals surface area contributed by atoms with Crippen molar-refractivity contribution in [2.24, 2.45) is 0 Å². The topological polar surface area (TPSA) is 44.3 Å². The molecule has 3 heteroatoms. The van der Waals surface area contributed by atoms with Crippen molar-refractivity contribution in [2.75, 3.05) is 25.0 Å². The summed E-state index contributed by atoms with van der Waals surface area (Å²) >= 11 is 0. The van der Waals surface area contributed by atoms with Crippen molar-refractivity contribution in [3.05, 3.63) is 29.8 Å². The normalized spacial score (nSPS) is 19.4. The fraction of sp³-hybridized carbons (Fsp3) is 0.500. The summed E-state index contributed by atoms with van der Waals surface area (Å²) in [6, 6.07) is 8.96. The Hall–Kier alpha value is -1.06. The number of aliphatic hydroxyl groups excluding tert-OH is 1. The average Bonchev–Trinajstić information content (AvgIpc) is 2.29. The largest absolute Gasteiger partial charge is 0.395 e.